The lowest BCUT2D eigenvalue weighted by atomic mass is 10.1. The van der Waals surface area contributed by atoms with E-state index in [-0.39, 0.29) is 0 Å². The van der Waals surface area contributed by atoms with Crippen LogP contribution in [0.4, 0.5) is 13.2 Å². The van der Waals surface area contributed by atoms with Gasteiger partial charge in [-0.3, -0.25) is 0 Å². The van der Waals surface area contributed by atoms with E-state index in [1.165, 1.54) is 17.4 Å². The third-order valence-corrected chi connectivity index (χ3v) is 6.23. The van der Waals surface area contributed by atoms with Crippen LogP contribution in [0.5, 0.6) is 0 Å². The number of nitrogens with zero attached hydrogens (tertiary/aromatic N) is 2. The van der Waals surface area contributed by atoms with Crippen LogP contribution in [-0.4, -0.2) is 14.9 Å². The van der Waals surface area contributed by atoms with Crippen LogP contribution in [0.3, 0.4) is 0 Å². The van der Waals surface area contributed by atoms with Crippen LogP contribution in [-0.2, 0) is 11.8 Å². The first kappa shape index (κ1) is 21.6. The fourth-order valence-electron chi connectivity index (χ4n) is 3.14. The number of rotatable bonds is 4. The number of thiophene rings is 1. The van der Waals surface area contributed by atoms with E-state index in [2.05, 4.69) is 5.10 Å². The molecular weight excluding hydrogens is 445 g/mol. The Balaban J connectivity index is 1.82. The molecule has 0 atom stereocenters. The molecule has 0 radical (unpaired) electrons. The second-order valence-electron chi connectivity index (χ2n) is 7.58. The Labute approximate surface area is 186 Å². The van der Waals surface area contributed by atoms with Gasteiger partial charge in [0.25, 0.3) is 0 Å². The second kappa shape index (κ2) is 7.82. The number of hydrogen-bond donors (Lipinski definition) is 1. The number of hydrogen-bond acceptors (Lipinski definition) is 3. The highest BCUT2D eigenvalue weighted by Gasteiger charge is 2.30. The zero-order chi connectivity index (χ0) is 22.4. The molecule has 1 N–H and O–H groups in total. The minimum Gasteiger partial charge on any atom is -0.384 e. The van der Waals surface area contributed by atoms with E-state index in [0.717, 1.165) is 17.0 Å². The fraction of sp³-hybridized carbons (Fsp3) is 0.174. The zero-order valence-electron chi connectivity index (χ0n) is 16.6. The molecule has 0 unspecified atom stereocenters. The summed E-state index contributed by atoms with van der Waals surface area (Å²) >= 11 is 7.72. The molecule has 160 valence electrons. The van der Waals surface area contributed by atoms with Crippen molar-refractivity contribution in [3.8, 4) is 26.7 Å². The monoisotopic (exact) mass is 462 g/mol. The molecule has 0 fully saturated rings. The molecule has 0 bridgehead atoms. The van der Waals surface area contributed by atoms with Crippen molar-refractivity contribution in [2.45, 2.75) is 25.6 Å². The molecule has 0 aliphatic heterocycles. The first-order valence-electron chi connectivity index (χ1n) is 9.40. The first-order chi connectivity index (χ1) is 14.5. The lowest BCUT2D eigenvalue weighted by molar-refractivity contribution is -0.137. The van der Waals surface area contributed by atoms with Crippen molar-refractivity contribution in [2.75, 3.05) is 0 Å². The third-order valence-electron chi connectivity index (χ3n) is 4.75. The SMILES string of the molecule is CC(C)(O)c1cc(-c2ccc(-c3cccc(C(F)(F)F)c3)s2)n(-c2ccccc2Cl)n1. The minimum absolute atomic E-state index is 0.455. The molecule has 8 heteroatoms. The number of para-hydroxylation sites is 1. The molecule has 0 spiro atoms. The summed E-state index contributed by atoms with van der Waals surface area (Å²) < 4.78 is 41.0. The summed E-state index contributed by atoms with van der Waals surface area (Å²) in [5.74, 6) is 0. The smallest absolute Gasteiger partial charge is 0.384 e. The predicted octanol–water partition coefficient (Wildman–Crippen LogP) is 7.17. The van der Waals surface area contributed by atoms with Crippen LogP contribution in [0.2, 0.25) is 5.02 Å². The molecule has 0 saturated carbocycles. The van der Waals surface area contributed by atoms with Gasteiger partial charge in [0.1, 0.15) is 5.60 Å². The van der Waals surface area contributed by atoms with Gasteiger partial charge in [0.05, 0.1) is 32.5 Å². The molecular formula is C23H18ClF3N2OS. The largest absolute Gasteiger partial charge is 0.416 e. The summed E-state index contributed by atoms with van der Waals surface area (Å²) in [5.41, 5.74) is 0.402. The standard InChI is InChI=1S/C23H18ClF3N2OS/c1-22(2,30)21-13-18(29(28-21)17-9-4-3-8-16(17)24)20-11-10-19(31-20)14-6-5-7-15(12-14)23(25,26)27/h3-13,30H,1-2H3. The number of benzene rings is 2. The Hall–Kier alpha value is -2.61. The van der Waals surface area contributed by atoms with Gasteiger partial charge in [0.2, 0.25) is 0 Å². The summed E-state index contributed by atoms with van der Waals surface area (Å²) in [6.45, 7) is 3.27. The van der Waals surface area contributed by atoms with E-state index >= 15 is 0 Å². The van der Waals surface area contributed by atoms with E-state index in [1.807, 2.05) is 24.3 Å². The van der Waals surface area contributed by atoms with Gasteiger partial charge in [-0.15, -0.1) is 11.3 Å². The Morgan fingerprint density at radius 2 is 1.65 bits per heavy atom. The van der Waals surface area contributed by atoms with Crippen molar-refractivity contribution >= 4 is 22.9 Å². The number of halogens is 4. The van der Waals surface area contributed by atoms with Gasteiger partial charge >= 0.3 is 6.18 Å². The quantitative estimate of drug-likeness (QED) is 0.349. The molecule has 0 saturated heterocycles. The van der Waals surface area contributed by atoms with Gasteiger partial charge in [-0.05, 0) is 61.9 Å². The maximum atomic E-state index is 13.1. The number of alkyl halides is 3. The first-order valence-corrected chi connectivity index (χ1v) is 10.6. The van der Waals surface area contributed by atoms with Gasteiger partial charge in [-0.25, -0.2) is 4.68 Å². The second-order valence-corrected chi connectivity index (χ2v) is 9.07. The van der Waals surface area contributed by atoms with Crippen LogP contribution in [0.15, 0.2) is 66.7 Å². The molecule has 2 aromatic heterocycles. The van der Waals surface area contributed by atoms with Crippen molar-refractivity contribution in [3.05, 3.63) is 83.0 Å². The highest BCUT2D eigenvalue weighted by Crippen LogP contribution is 2.39. The van der Waals surface area contributed by atoms with Crippen LogP contribution in [0.1, 0.15) is 25.1 Å². The highest BCUT2D eigenvalue weighted by atomic mass is 35.5. The minimum atomic E-state index is -4.40. The zero-order valence-corrected chi connectivity index (χ0v) is 18.2. The van der Waals surface area contributed by atoms with E-state index in [1.54, 1.807) is 42.8 Å². The molecule has 0 aliphatic rings. The van der Waals surface area contributed by atoms with Gasteiger partial charge in [-0.2, -0.15) is 18.3 Å². The van der Waals surface area contributed by atoms with Gasteiger partial charge in [0, 0.05) is 4.88 Å². The lowest BCUT2D eigenvalue weighted by Gasteiger charge is -2.13. The molecule has 31 heavy (non-hydrogen) atoms. The predicted molar refractivity (Wildman–Crippen MR) is 118 cm³/mol. The van der Waals surface area contributed by atoms with E-state index in [9.17, 15) is 18.3 Å². The summed E-state index contributed by atoms with van der Waals surface area (Å²) in [5, 5.41) is 15.5. The molecule has 3 nitrogen and oxygen atoms in total. The molecule has 0 amide bonds. The average Bonchev–Trinajstić information content (AvgIpc) is 3.35. The molecule has 2 aromatic carbocycles. The molecule has 4 rings (SSSR count). The topological polar surface area (TPSA) is 38.0 Å². The van der Waals surface area contributed by atoms with E-state index in [4.69, 9.17) is 11.6 Å². The van der Waals surface area contributed by atoms with Crippen LogP contribution in [0, 0.1) is 0 Å². The summed E-state index contributed by atoms with van der Waals surface area (Å²) in [7, 11) is 0. The lowest BCUT2D eigenvalue weighted by Crippen LogP contribution is -2.16. The van der Waals surface area contributed by atoms with Crippen molar-refractivity contribution < 1.29 is 18.3 Å². The maximum Gasteiger partial charge on any atom is 0.416 e. The van der Waals surface area contributed by atoms with Crippen LogP contribution < -0.4 is 0 Å². The number of aromatic nitrogens is 2. The van der Waals surface area contributed by atoms with E-state index in [0.29, 0.717) is 32.5 Å². The van der Waals surface area contributed by atoms with Crippen LogP contribution in [0.25, 0.3) is 26.7 Å². The molecule has 4 aromatic rings. The Morgan fingerprint density at radius 1 is 0.935 bits per heavy atom. The van der Waals surface area contributed by atoms with Gasteiger partial charge < -0.3 is 5.11 Å². The summed E-state index contributed by atoms with van der Waals surface area (Å²) in [4.78, 5) is 1.48. The fourth-order valence-corrected chi connectivity index (χ4v) is 4.36. The average molecular weight is 463 g/mol. The normalized spacial score (nSPS) is 12.4. The maximum absolute atomic E-state index is 13.1. The van der Waals surface area contributed by atoms with E-state index < -0.39 is 17.3 Å². The van der Waals surface area contributed by atoms with Gasteiger partial charge in [0.15, 0.2) is 0 Å². The van der Waals surface area contributed by atoms with Crippen molar-refractivity contribution in [1.82, 2.24) is 9.78 Å². The highest BCUT2D eigenvalue weighted by molar-refractivity contribution is 7.18. The van der Waals surface area contributed by atoms with Gasteiger partial charge in [-0.1, -0.05) is 35.9 Å². The van der Waals surface area contributed by atoms with Crippen LogP contribution >= 0.6 is 22.9 Å². The van der Waals surface area contributed by atoms with Crippen molar-refractivity contribution in [2.24, 2.45) is 0 Å². The Bertz CT molecular complexity index is 1240. The van der Waals surface area contributed by atoms with Crippen molar-refractivity contribution in [1.29, 1.82) is 0 Å². The third kappa shape index (κ3) is 4.39. The molecule has 0 aliphatic carbocycles. The van der Waals surface area contributed by atoms with Crippen molar-refractivity contribution in [3.63, 3.8) is 0 Å². The molecule has 2 heterocycles. The summed E-state index contributed by atoms with van der Waals surface area (Å²) in [6, 6.07) is 17.8. The summed E-state index contributed by atoms with van der Waals surface area (Å²) in [6.07, 6.45) is -4.40. The Kier molecular flexibility index (Phi) is 5.45. The Morgan fingerprint density at radius 3 is 2.32 bits per heavy atom. The number of aliphatic hydroxyl groups is 1.